The molecule has 1 N–H and O–H groups in total. The smallest absolute Gasteiger partial charge is 0.262 e. The third-order valence-corrected chi connectivity index (χ3v) is 1.99. The highest BCUT2D eigenvalue weighted by molar-refractivity contribution is 7.81. The third kappa shape index (κ3) is 1.83. The van der Waals surface area contributed by atoms with Gasteiger partial charge in [-0.15, -0.1) is 0 Å². The van der Waals surface area contributed by atoms with Crippen LogP contribution in [0.2, 0.25) is 0 Å². The number of hydrogen-bond acceptors (Lipinski definition) is 5. The van der Waals surface area contributed by atoms with E-state index in [0.29, 0.717) is 11.0 Å². The molecule has 0 atom stereocenters. The Labute approximate surface area is 79.5 Å². The summed E-state index contributed by atoms with van der Waals surface area (Å²) in [6.07, 6.45) is 1.46. The number of hydrogen-bond donors (Lipinski definition) is 1. The Hall–Kier alpha value is -1.60. The average Bonchev–Trinajstić information content (AvgIpc) is 2.47. The van der Waals surface area contributed by atoms with Crippen LogP contribution in [0.5, 0.6) is 5.75 Å². The molecule has 6 nitrogen and oxygen atoms in total. The molecule has 0 radical (unpaired) electrons. The molecule has 0 fully saturated rings. The minimum atomic E-state index is -4.71. The predicted molar refractivity (Wildman–Crippen MR) is 46.4 cm³/mol. The monoisotopic (exact) mass is 213 g/mol. The van der Waals surface area contributed by atoms with Gasteiger partial charge in [0.25, 0.3) is 10.4 Å². The molecule has 2 rings (SSSR count). The molecule has 0 amide bonds. The number of imidazole rings is 1. The Morgan fingerprint density at radius 2 is 2.21 bits per heavy atom. The van der Waals surface area contributed by atoms with E-state index >= 15 is 0 Å². The van der Waals surface area contributed by atoms with Crippen molar-refractivity contribution in [3.63, 3.8) is 0 Å². The molecular formula is C7H5N2O4S-. The maximum absolute atomic E-state index is 10.3. The van der Waals surface area contributed by atoms with E-state index in [0.717, 1.165) is 0 Å². The molecule has 14 heavy (non-hydrogen) atoms. The molecule has 0 spiro atoms. The highest BCUT2D eigenvalue weighted by atomic mass is 32.3. The van der Waals surface area contributed by atoms with Crippen LogP contribution >= 0.6 is 0 Å². The fraction of sp³-hybridized carbons (Fsp3) is 0. The Balaban J connectivity index is 2.44. The van der Waals surface area contributed by atoms with Gasteiger partial charge in [-0.2, -0.15) is 0 Å². The van der Waals surface area contributed by atoms with E-state index in [1.807, 2.05) is 0 Å². The van der Waals surface area contributed by atoms with Gasteiger partial charge in [0.15, 0.2) is 0 Å². The largest absolute Gasteiger partial charge is 0.716 e. The second-order valence-electron chi connectivity index (χ2n) is 2.57. The number of nitrogens with one attached hydrogen (secondary N) is 1. The summed E-state index contributed by atoms with van der Waals surface area (Å²) in [7, 11) is -4.71. The normalized spacial score (nSPS) is 11.8. The lowest BCUT2D eigenvalue weighted by atomic mass is 10.3. The number of fused-ring (bicyclic) bond motifs is 1. The van der Waals surface area contributed by atoms with Gasteiger partial charge in [0.2, 0.25) is 0 Å². The maximum Gasteiger partial charge on any atom is 0.262 e. The number of aromatic nitrogens is 2. The lowest BCUT2D eigenvalue weighted by Gasteiger charge is -2.08. The summed E-state index contributed by atoms with van der Waals surface area (Å²) < 4.78 is 35.0. The van der Waals surface area contributed by atoms with Crippen LogP contribution in [-0.4, -0.2) is 22.9 Å². The zero-order chi connectivity index (χ0) is 10.2. The van der Waals surface area contributed by atoms with Crippen LogP contribution in [0.3, 0.4) is 0 Å². The van der Waals surface area contributed by atoms with E-state index in [1.54, 1.807) is 6.07 Å². The van der Waals surface area contributed by atoms with Crippen LogP contribution in [0, 0.1) is 0 Å². The average molecular weight is 213 g/mol. The molecule has 0 aliphatic carbocycles. The van der Waals surface area contributed by atoms with Crippen LogP contribution in [-0.2, 0) is 10.4 Å². The van der Waals surface area contributed by atoms with Crippen molar-refractivity contribution in [1.29, 1.82) is 0 Å². The Morgan fingerprint density at radius 3 is 2.93 bits per heavy atom. The SMILES string of the molecule is O=S(=O)([O-])Oc1ccc2nc[nH]c2c1. The summed E-state index contributed by atoms with van der Waals surface area (Å²) in [5.41, 5.74) is 1.27. The standard InChI is InChI=1S/C7H6N2O4S/c10-14(11,12)13-5-1-2-6-7(3-5)9-4-8-6/h1-4H,(H,8,9)(H,10,11,12)/p-1. The van der Waals surface area contributed by atoms with Crippen molar-refractivity contribution in [2.45, 2.75) is 0 Å². The van der Waals surface area contributed by atoms with E-state index in [1.165, 1.54) is 18.5 Å². The van der Waals surface area contributed by atoms with Crippen molar-refractivity contribution in [2.24, 2.45) is 0 Å². The predicted octanol–water partition coefficient (Wildman–Crippen LogP) is 0.402. The molecule has 1 heterocycles. The van der Waals surface area contributed by atoms with Gasteiger partial charge in [-0.05, 0) is 12.1 Å². The molecule has 1 aromatic heterocycles. The van der Waals surface area contributed by atoms with Gasteiger partial charge in [0.1, 0.15) is 5.75 Å². The minimum absolute atomic E-state index is 0.0308. The number of H-pyrrole nitrogens is 1. The maximum atomic E-state index is 10.3. The highest BCUT2D eigenvalue weighted by Crippen LogP contribution is 2.18. The summed E-state index contributed by atoms with van der Waals surface area (Å²) in [4.78, 5) is 6.68. The van der Waals surface area contributed by atoms with Crippen molar-refractivity contribution in [3.05, 3.63) is 24.5 Å². The van der Waals surface area contributed by atoms with Crippen molar-refractivity contribution in [3.8, 4) is 5.75 Å². The van der Waals surface area contributed by atoms with Crippen LogP contribution in [0.25, 0.3) is 11.0 Å². The molecule has 0 unspecified atom stereocenters. The quantitative estimate of drug-likeness (QED) is 0.575. The fourth-order valence-electron chi connectivity index (χ4n) is 1.08. The molecule has 2 aromatic rings. The van der Waals surface area contributed by atoms with Crippen LogP contribution < -0.4 is 4.18 Å². The molecule has 0 saturated heterocycles. The first-order valence-electron chi connectivity index (χ1n) is 3.63. The Bertz CT molecular complexity index is 560. The molecule has 0 saturated carbocycles. The number of aromatic amines is 1. The summed E-state index contributed by atoms with van der Waals surface area (Å²) in [5, 5.41) is 0. The van der Waals surface area contributed by atoms with Crippen LogP contribution in [0.4, 0.5) is 0 Å². The van der Waals surface area contributed by atoms with E-state index in [4.69, 9.17) is 0 Å². The molecular weight excluding hydrogens is 208 g/mol. The Morgan fingerprint density at radius 1 is 1.43 bits per heavy atom. The first kappa shape index (κ1) is 8.97. The van der Waals surface area contributed by atoms with Gasteiger partial charge < -0.3 is 13.7 Å². The second-order valence-corrected chi connectivity index (χ2v) is 3.56. The Kier molecular flexibility index (Phi) is 1.90. The van der Waals surface area contributed by atoms with Gasteiger partial charge in [-0.3, -0.25) is 0 Å². The molecule has 0 aliphatic heterocycles. The minimum Gasteiger partial charge on any atom is -0.716 e. The van der Waals surface area contributed by atoms with Crippen LogP contribution in [0.1, 0.15) is 0 Å². The van der Waals surface area contributed by atoms with Gasteiger partial charge in [-0.25, -0.2) is 13.4 Å². The van der Waals surface area contributed by atoms with Crippen molar-refractivity contribution >= 4 is 21.4 Å². The van der Waals surface area contributed by atoms with Crippen LogP contribution in [0.15, 0.2) is 24.5 Å². The zero-order valence-corrected chi connectivity index (χ0v) is 7.61. The summed E-state index contributed by atoms with van der Waals surface area (Å²) in [6.45, 7) is 0. The van der Waals surface area contributed by atoms with Crippen molar-refractivity contribution in [1.82, 2.24) is 9.97 Å². The topological polar surface area (TPSA) is 95.1 Å². The zero-order valence-electron chi connectivity index (χ0n) is 6.80. The van der Waals surface area contributed by atoms with E-state index < -0.39 is 10.4 Å². The van der Waals surface area contributed by atoms with Crippen molar-refractivity contribution in [2.75, 3.05) is 0 Å². The molecule has 1 aromatic carbocycles. The van der Waals surface area contributed by atoms with E-state index in [-0.39, 0.29) is 5.75 Å². The third-order valence-electron chi connectivity index (χ3n) is 1.59. The van der Waals surface area contributed by atoms with Gasteiger partial charge in [0.05, 0.1) is 17.4 Å². The number of benzene rings is 1. The molecule has 74 valence electrons. The number of nitrogens with zero attached hydrogens (tertiary/aromatic N) is 1. The van der Waals surface area contributed by atoms with Gasteiger partial charge in [0, 0.05) is 6.07 Å². The summed E-state index contributed by atoms with van der Waals surface area (Å²) >= 11 is 0. The van der Waals surface area contributed by atoms with Gasteiger partial charge >= 0.3 is 0 Å². The van der Waals surface area contributed by atoms with Gasteiger partial charge in [-0.1, -0.05) is 0 Å². The second kappa shape index (κ2) is 2.96. The van der Waals surface area contributed by atoms with E-state index in [9.17, 15) is 13.0 Å². The lowest BCUT2D eigenvalue weighted by Crippen LogP contribution is -2.06. The van der Waals surface area contributed by atoms with Crippen molar-refractivity contribution < 1.29 is 17.2 Å². The first-order valence-corrected chi connectivity index (χ1v) is 4.96. The lowest BCUT2D eigenvalue weighted by molar-refractivity contribution is 0.372. The summed E-state index contributed by atoms with van der Waals surface area (Å²) in [5.74, 6) is -0.0308. The highest BCUT2D eigenvalue weighted by Gasteiger charge is 2.01. The molecule has 7 heteroatoms. The first-order chi connectivity index (χ1) is 6.54. The molecule has 0 aliphatic rings. The number of rotatable bonds is 2. The summed E-state index contributed by atoms with van der Waals surface area (Å²) in [6, 6.07) is 4.29. The molecule has 0 bridgehead atoms. The van der Waals surface area contributed by atoms with E-state index in [2.05, 4.69) is 14.2 Å². The fourth-order valence-corrected chi connectivity index (χ4v) is 1.42.